The van der Waals surface area contributed by atoms with Gasteiger partial charge in [-0.3, -0.25) is 4.79 Å². The maximum Gasteiger partial charge on any atom is 0.224 e. The van der Waals surface area contributed by atoms with Gasteiger partial charge >= 0.3 is 0 Å². The Morgan fingerprint density at radius 3 is 2.23 bits per heavy atom. The number of halogens is 1. The Labute approximate surface area is 136 Å². The quantitative estimate of drug-likeness (QED) is 0.875. The monoisotopic (exact) mass is 317 g/mol. The van der Waals surface area contributed by atoms with E-state index in [1.54, 1.807) is 12.1 Å². The highest BCUT2D eigenvalue weighted by atomic mass is 35.5. The van der Waals surface area contributed by atoms with Crippen molar-refractivity contribution in [1.29, 1.82) is 0 Å². The lowest BCUT2D eigenvalue weighted by molar-refractivity contribution is -0.120. The fraction of sp³-hybridized carbons (Fsp3) is 0.278. The Kier molecular flexibility index (Phi) is 5.84. The lowest BCUT2D eigenvalue weighted by Crippen LogP contribution is -2.24. The molecule has 0 radical (unpaired) electrons. The van der Waals surface area contributed by atoms with Gasteiger partial charge in [0.1, 0.15) is 5.75 Å². The summed E-state index contributed by atoms with van der Waals surface area (Å²) in [6, 6.07) is 15.1. The van der Waals surface area contributed by atoms with Gasteiger partial charge < -0.3 is 10.1 Å². The summed E-state index contributed by atoms with van der Waals surface area (Å²) in [6.07, 6.45) is 0.510. The van der Waals surface area contributed by atoms with E-state index in [9.17, 15) is 4.79 Å². The van der Waals surface area contributed by atoms with Gasteiger partial charge in [0.25, 0.3) is 0 Å². The first-order valence-electron chi connectivity index (χ1n) is 7.29. The Balaban J connectivity index is 1.81. The van der Waals surface area contributed by atoms with Crippen LogP contribution in [0.15, 0.2) is 48.5 Å². The van der Waals surface area contributed by atoms with E-state index in [4.69, 9.17) is 16.3 Å². The molecule has 0 aliphatic carbocycles. The van der Waals surface area contributed by atoms with Crippen LogP contribution in [0.4, 0.5) is 0 Å². The van der Waals surface area contributed by atoms with Crippen molar-refractivity contribution in [3.8, 4) is 5.75 Å². The van der Waals surface area contributed by atoms with Crippen LogP contribution in [-0.4, -0.2) is 12.0 Å². The summed E-state index contributed by atoms with van der Waals surface area (Å²) >= 11 is 5.82. The van der Waals surface area contributed by atoms with E-state index in [0.29, 0.717) is 18.0 Å². The molecule has 4 heteroatoms. The molecule has 2 aromatic rings. The van der Waals surface area contributed by atoms with Crippen LogP contribution in [0.5, 0.6) is 5.75 Å². The number of amides is 1. The molecule has 1 amide bonds. The van der Waals surface area contributed by atoms with E-state index < -0.39 is 0 Å². The van der Waals surface area contributed by atoms with E-state index >= 15 is 0 Å². The molecule has 0 aliphatic rings. The highest BCUT2D eigenvalue weighted by Crippen LogP contribution is 2.14. The van der Waals surface area contributed by atoms with Gasteiger partial charge in [-0.05, 0) is 49.2 Å². The largest absolute Gasteiger partial charge is 0.491 e. The van der Waals surface area contributed by atoms with E-state index in [1.165, 1.54) is 0 Å². The number of carbonyl (C=O) groups is 1. The second kappa shape index (κ2) is 7.85. The first-order chi connectivity index (χ1) is 10.5. The fourth-order valence-electron chi connectivity index (χ4n) is 2.01. The molecule has 22 heavy (non-hydrogen) atoms. The van der Waals surface area contributed by atoms with Crippen LogP contribution < -0.4 is 10.1 Å². The Hall–Kier alpha value is -2.00. The van der Waals surface area contributed by atoms with Crippen molar-refractivity contribution in [2.24, 2.45) is 0 Å². The first kappa shape index (κ1) is 16.4. The minimum atomic E-state index is -0.00942. The maximum atomic E-state index is 11.9. The summed E-state index contributed by atoms with van der Waals surface area (Å²) in [5.74, 6) is 0.830. The molecule has 0 spiro atoms. The molecular weight excluding hydrogens is 298 g/mol. The molecule has 0 bridgehead atoms. The molecule has 0 aliphatic heterocycles. The van der Waals surface area contributed by atoms with Crippen molar-refractivity contribution < 1.29 is 9.53 Å². The summed E-state index contributed by atoms with van der Waals surface area (Å²) in [5, 5.41) is 3.58. The van der Waals surface area contributed by atoms with Crippen molar-refractivity contribution >= 4 is 17.5 Å². The lowest BCUT2D eigenvalue weighted by Gasteiger charge is -2.10. The van der Waals surface area contributed by atoms with Crippen molar-refractivity contribution in [3.05, 3.63) is 64.7 Å². The standard InChI is InChI=1S/C18H20ClNO2/c1-13(2)22-17-9-5-15(6-10-17)12-20-18(21)11-14-3-7-16(19)8-4-14/h3-10,13H,11-12H2,1-2H3,(H,20,21). The average Bonchev–Trinajstić information content (AvgIpc) is 2.48. The predicted molar refractivity (Wildman–Crippen MR) is 89.2 cm³/mol. The third kappa shape index (κ3) is 5.41. The van der Waals surface area contributed by atoms with Crippen LogP contribution in [0.2, 0.25) is 5.02 Å². The van der Waals surface area contributed by atoms with Crippen LogP contribution in [0.3, 0.4) is 0 Å². The van der Waals surface area contributed by atoms with Gasteiger partial charge in [-0.15, -0.1) is 0 Å². The van der Waals surface area contributed by atoms with E-state index in [0.717, 1.165) is 16.9 Å². The Morgan fingerprint density at radius 2 is 1.64 bits per heavy atom. The number of benzene rings is 2. The maximum absolute atomic E-state index is 11.9. The molecule has 0 atom stereocenters. The summed E-state index contributed by atoms with van der Waals surface area (Å²) in [4.78, 5) is 11.9. The third-order valence-electron chi connectivity index (χ3n) is 3.06. The molecule has 116 valence electrons. The summed E-state index contributed by atoms with van der Waals surface area (Å²) in [5.41, 5.74) is 1.99. The molecule has 0 saturated carbocycles. The highest BCUT2D eigenvalue weighted by molar-refractivity contribution is 6.30. The molecule has 0 aromatic heterocycles. The zero-order valence-corrected chi connectivity index (χ0v) is 13.6. The first-order valence-corrected chi connectivity index (χ1v) is 7.67. The molecule has 2 aromatic carbocycles. The van der Waals surface area contributed by atoms with E-state index in [-0.39, 0.29) is 12.0 Å². The van der Waals surface area contributed by atoms with Crippen LogP contribution in [0.1, 0.15) is 25.0 Å². The van der Waals surface area contributed by atoms with Gasteiger partial charge in [0.05, 0.1) is 12.5 Å². The van der Waals surface area contributed by atoms with Crippen LogP contribution >= 0.6 is 11.6 Å². The molecule has 3 nitrogen and oxygen atoms in total. The number of ether oxygens (including phenoxy) is 1. The van der Waals surface area contributed by atoms with Gasteiger partial charge in [0, 0.05) is 11.6 Å². The number of rotatable bonds is 6. The Morgan fingerprint density at radius 1 is 1.05 bits per heavy atom. The molecule has 0 unspecified atom stereocenters. The zero-order valence-electron chi connectivity index (χ0n) is 12.8. The molecule has 0 heterocycles. The van der Waals surface area contributed by atoms with Gasteiger partial charge in [-0.2, -0.15) is 0 Å². The molecular formula is C18H20ClNO2. The SMILES string of the molecule is CC(C)Oc1ccc(CNC(=O)Cc2ccc(Cl)cc2)cc1. The van der Waals surface area contributed by atoms with Crippen molar-refractivity contribution in [2.75, 3.05) is 0 Å². The smallest absolute Gasteiger partial charge is 0.224 e. The third-order valence-corrected chi connectivity index (χ3v) is 3.31. The number of hydrogen-bond donors (Lipinski definition) is 1. The molecule has 2 rings (SSSR count). The Bertz CT molecular complexity index is 606. The van der Waals surface area contributed by atoms with E-state index in [2.05, 4.69) is 5.32 Å². The van der Waals surface area contributed by atoms with Gasteiger partial charge in [0.15, 0.2) is 0 Å². The van der Waals surface area contributed by atoms with Gasteiger partial charge in [-0.1, -0.05) is 35.9 Å². The van der Waals surface area contributed by atoms with Gasteiger partial charge in [-0.25, -0.2) is 0 Å². The predicted octanol–water partition coefficient (Wildman–Crippen LogP) is 3.99. The topological polar surface area (TPSA) is 38.3 Å². The van der Waals surface area contributed by atoms with E-state index in [1.807, 2.05) is 50.2 Å². The normalized spacial score (nSPS) is 10.5. The zero-order chi connectivity index (χ0) is 15.9. The fourth-order valence-corrected chi connectivity index (χ4v) is 2.13. The molecule has 0 fully saturated rings. The average molecular weight is 318 g/mol. The minimum Gasteiger partial charge on any atom is -0.491 e. The highest BCUT2D eigenvalue weighted by Gasteiger charge is 2.04. The van der Waals surface area contributed by atoms with Crippen LogP contribution in [0.25, 0.3) is 0 Å². The lowest BCUT2D eigenvalue weighted by atomic mass is 10.1. The summed E-state index contributed by atoms with van der Waals surface area (Å²) < 4.78 is 5.59. The summed E-state index contributed by atoms with van der Waals surface area (Å²) in [6.45, 7) is 4.49. The van der Waals surface area contributed by atoms with Crippen LogP contribution in [-0.2, 0) is 17.8 Å². The second-order valence-electron chi connectivity index (χ2n) is 5.39. The number of carbonyl (C=O) groups excluding carboxylic acids is 1. The molecule has 1 N–H and O–H groups in total. The molecule has 0 saturated heterocycles. The number of nitrogens with one attached hydrogen (secondary N) is 1. The van der Waals surface area contributed by atoms with Crippen molar-refractivity contribution in [2.45, 2.75) is 32.9 Å². The van der Waals surface area contributed by atoms with Crippen molar-refractivity contribution in [1.82, 2.24) is 5.32 Å². The van der Waals surface area contributed by atoms with Crippen LogP contribution in [0, 0.1) is 0 Å². The second-order valence-corrected chi connectivity index (χ2v) is 5.83. The summed E-state index contributed by atoms with van der Waals surface area (Å²) in [7, 11) is 0. The van der Waals surface area contributed by atoms with Crippen molar-refractivity contribution in [3.63, 3.8) is 0 Å². The van der Waals surface area contributed by atoms with Gasteiger partial charge in [0.2, 0.25) is 5.91 Å². The number of hydrogen-bond acceptors (Lipinski definition) is 2. The minimum absolute atomic E-state index is 0.00942.